The molecule has 18 heavy (non-hydrogen) atoms. The lowest BCUT2D eigenvalue weighted by Gasteiger charge is -2.51. The van der Waals surface area contributed by atoms with Crippen LogP contribution in [0, 0.1) is 5.92 Å². The highest BCUT2D eigenvalue weighted by Gasteiger charge is 2.45. The number of thiophene rings is 1. The molecule has 2 aliphatic heterocycles. The van der Waals surface area contributed by atoms with Gasteiger partial charge in [-0.15, -0.1) is 11.3 Å². The van der Waals surface area contributed by atoms with Gasteiger partial charge < -0.3 is 0 Å². The van der Waals surface area contributed by atoms with Crippen molar-refractivity contribution in [2.45, 2.75) is 38.1 Å². The van der Waals surface area contributed by atoms with Gasteiger partial charge in [0.2, 0.25) is 0 Å². The van der Waals surface area contributed by atoms with Crippen molar-refractivity contribution in [3.63, 3.8) is 0 Å². The second kappa shape index (κ2) is 5.56. The van der Waals surface area contributed by atoms with Crippen LogP contribution >= 0.6 is 23.1 Å². The van der Waals surface area contributed by atoms with Gasteiger partial charge >= 0.3 is 0 Å². The van der Waals surface area contributed by atoms with E-state index in [2.05, 4.69) is 41.1 Å². The standard InChI is InChI=1S/C15H23NS2/c1-13-12-17-11-7-15(13,14-6-5-10-18-14)16-8-3-2-4-9-16/h5-6,10,13H,2-4,7-9,11-12H2,1H3/t13-,15-/m0/s1. The van der Waals surface area contributed by atoms with Crippen molar-refractivity contribution in [3.8, 4) is 0 Å². The molecule has 0 aliphatic carbocycles. The number of nitrogens with zero attached hydrogens (tertiary/aromatic N) is 1. The fraction of sp³-hybridized carbons (Fsp3) is 0.733. The summed E-state index contributed by atoms with van der Waals surface area (Å²) in [5.41, 5.74) is 0.361. The topological polar surface area (TPSA) is 3.24 Å². The number of hydrogen-bond acceptors (Lipinski definition) is 3. The Morgan fingerprint density at radius 3 is 2.78 bits per heavy atom. The van der Waals surface area contributed by atoms with E-state index in [0.717, 1.165) is 5.92 Å². The monoisotopic (exact) mass is 281 g/mol. The first-order valence-corrected chi connectivity index (χ1v) is 9.24. The zero-order valence-electron chi connectivity index (χ0n) is 11.2. The Bertz CT molecular complexity index is 370. The second-order valence-corrected chi connectivity index (χ2v) is 7.77. The van der Waals surface area contributed by atoms with Gasteiger partial charge in [-0.2, -0.15) is 11.8 Å². The van der Waals surface area contributed by atoms with Gasteiger partial charge in [-0.3, -0.25) is 4.90 Å². The van der Waals surface area contributed by atoms with Crippen LogP contribution in [0.3, 0.4) is 0 Å². The van der Waals surface area contributed by atoms with E-state index in [0.29, 0.717) is 5.54 Å². The molecule has 0 spiro atoms. The predicted octanol–water partition coefficient (Wildman–Crippen LogP) is 4.20. The molecule has 1 aromatic heterocycles. The first-order valence-electron chi connectivity index (χ1n) is 7.21. The third kappa shape index (κ3) is 2.14. The van der Waals surface area contributed by atoms with Crippen LogP contribution in [-0.2, 0) is 5.54 Å². The maximum atomic E-state index is 2.83. The molecule has 0 radical (unpaired) electrons. The third-order valence-electron chi connectivity index (χ3n) is 4.68. The maximum absolute atomic E-state index is 2.83. The Balaban J connectivity index is 1.96. The molecule has 2 atom stereocenters. The van der Waals surface area contributed by atoms with Crippen molar-refractivity contribution in [2.75, 3.05) is 24.6 Å². The number of piperidine rings is 1. The minimum Gasteiger partial charge on any atom is -0.293 e. The normalized spacial score (nSPS) is 34.6. The first-order chi connectivity index (χ1) is 8.84. The Morgan fingerprint density at radius 2 is 2.11 bits per heavy atom. The smallest absolute Gasteiger partial charge is 0.0595 e. The summed E-state index contributed by atoms with van der Waals surface area (Å²) < 4.78 is 0. The van der Waals surface area contributed by atoms with Crippen LogP contribution < -0.4 is 0 Å². The molecule has 0 unspecified atom stereocenters. The van der Waals surface area contributed by atoms with E-state index in [1.165, 1.54) is 50.3 Å². The summed E-state index contributed by atoms with van der Waals surface area (Å²) in [5.74, 6) is 3.45. The van der Waals surface area contributed by atoms with Crippen LogP contribution in [0.5, 0.6) is 0 Å². The molecule has 2 saturated heterocycles. The lowest BCUT2D eigenvalue weighted by molar-refractivity contribution is 0.0226. The lowest BCUT2D eigenvalue weighted by atomic mass is 9.79. The van der Waals surface area contributed by atoms with E-state index in [9.17, 15) is 0 Å². The van der Waals surface area contributed by atoms with Crippen molar-refractivity contribution >= 4 is 23.1 Å². The molecule has 100 valence electrons. The van der Waals surface area contributed by atoms with Crippen molar-refractivity contribution < 1.29 is 0 Å². The van der Waals surface area contributed by atoms with Crippen LogP contribution in [0.25, 0.3) is 0 Å². The molecular weight excluding hydrogens is 258 g/mol. The summed E-state index contributed by atoms with van der Waals surface area (Å²) in [4.78, 5) is 4.45. The molecule has 1 nitrogen and oxygen atoms in total. The molecule has 2 fully saturated rings. The van der Waals surface area contributed by atoms with Crippen molar-refractivity contribution in [1.29, 1.82) is 0 Å². The summed E-state index contributed by atoms with van der Waals surface area (Å²) in [6, 6.07) is 4.62. The Kier molecular flexibility index (Phi) is 4.02. The van der Waals surface area contributed by atoms with Crippen LogP contribution in [0.15, 0.2) is 17.5 Å². The van der Waals surface area contributed by atoms with E-state index >= 15 is 0 Å². The summed E-state index contributed by atoms with van der Waals surface area (Å²) in [5, 5.41) is 2.26. The predicted molar refractivity (Wildman–Crippen MR) is 82.5 cm³/mol. The zero-order chi connectivity index (χ0) is 12.4. The number of thioether (sulfide) groups is 1. The molecule has 3 heteroatoms. The number of rotatable bonds is 2. The molecule has 0 bridgehead atoms. The zero-order valence-corrected chi connectivity index (χ0v) is 12.9. The number of hydrogen-bond donors (Lipinski definition) is 0. The van der Waals surface area contributed by atoms with Gasteiger partial charge in [-0.05, 0) is 61.2 Å². The maximum Gasteiger partial charge on any atom is 0.0595 e. The summed E-state index contributed by atoms with van der Waals surface area (Å²) >= 11 is 4.12. The van der Waals surface area contributed by atoms with Gasteiger partial charge in [0.15, 0.2) is 0 Å². The molecule has 0 N–H and O–H groups in total. The molecule has 2 aliphatic rings. The number of likely N-dealkylation sites (tertiary alicyclic amines) is 1. The van der Waals surface area contributed by atoms with E-state index in [1.807, 2.05) is 11.3 Å². The Labute approximate surface area is 119 Å². The van der Waals surface area contributed by atoms with Crippen molar-refractivity contribution in [2.24, 2.45) is 5.92 Å². The minimum atomic E-state index is 0.361. The van der Waals surface area contributed by atoms with E-state index in [-0.39, 0.29) is 0 Å². The van der Waals surface area contributed by atoms with Gasteiger partial charge in [0, 0.05) is 4.88 Å². The molecule has 0 amide bonds. The fourth-order valence-corrected chi connectivity index (χ4v) is 6.03. The second-order valence-electron chi connectivity index (χ2n) is 5.68. The van der Waals surface area contributed by atoms with E-state index in [1.54, 1.807) is 4.88 Å². The van der Waals surface area contributed by atoms with Crippen LogP contribution in [0.4, 0.5) is 0 Å². The molecule has 3 heterocycles. The van der Waals surface area contributed by atoms with Gasteiger partial charge in [-0.25, -0.2) is 0 Å². The van der Waals surface area contributed by atoms with Crippen LogP contribution in [0.1, 0.15) is 37.5 Å². The summed E-state index contributed by atoms with van der Waals surface area (Å²) in [6.45, 7) is 5.10. The third-order valence-corrected chi connectivity index (χ3v) is 6.94. The highest BCUT2D eigenvalue weighted by Crippen LogP contribution is 2.47. The quantitative estimate of drug-likeness (QED) is 0.799. The van der Waals surface area contributed by atoms with Gasteiger partial charge in [0.1, 0.15) is 0 Å². The largest absolute Gasteiger partial charge is 0.293 e. The van der Waals surface area contributed by atoms with E-state index < -0.39 is 0 Å². The minimum absolute atomic E-state index is 0.361. The van der Waals surface area contributed by atoms with Crippen LogP contribution in [-0.4, -0.2) is 29.5 Å². The molecule has 0 aromatic carbocycles. The van der Waals surface area contributed by atoms with Crippen LogP contribution in [0.2, 0.25) is 0 Å². The molecule has 3 rings (SSSR count). The van der Waals surface area contributed by atoms with Crippen molar-refractivity contribution in [3.05, 3.63) is 22.4 Å². The Hall–Kier alpha value is 0.01000. The highest BCUT2D eigenvalue weighted by molar-refractivity contribution is 7.99. The van der Waals surface area contributed by atoms with Gasteiger partial charge in [0.05, 0.1) is 5.54 Å². The molecule has 0 saturated carbocycles. The Morgan fingerprint density at radius 1 is 1.28 bits per heavy atom. The SMILES string of the molecule is C[C@H]1CSCC[C@]1(c1cccs1)N1CCCCC1. The molecular formula is C15H23NS2. The first kappa shape index (κ1) is 13.0. The summed E-state index contributed by atoms with van der Waals surface area (Å²) in [6.07, 6.45) is 5.57. The van der Waals surface area contributed by atoms with Gasteiger partial charge in [0.25, 0.3) is 0 Å². The van der Waals surface area contributed by atoms with Gasteiger partial charge in [-0.1, -0.05) is 19.4 Å². The average Bonchev–Trinajstić information content (AvgIpc) is 2.95. The lowest BCUT2D eigenvalue weighted by Crippen LogP contribution is -2.54. The molecule has 1 aromatic rings. The highest BCUT2D eigenvalue weighted by atomic mass is 32.2. The van der Waals surface area contributed by atoms with E-state index in [4.69, 9.17) is 0 Å². The van der Waals surface area contributed by atoms with Crippen molar-refractivity contribution in [1.82, 2.24) is 4.90 Å². The summed E-state index contributed by atoms with van der Waals surface area (Å²) in [7, 11) is 0. The average molecular weight is 281 g/mol. The fourth-order valence-electron chi connectivity index (χ4n) is 3.68.